The molecule has 2 rings (SSSR count). The van der Waals surface area contributed by atoms with Crippen LogP contribution < -0.4 is 11.3 Å². The Hall–Kier alpha value is -0.200. The normalized spacial score (nSPS) is 12.7. The number of hydrogen-bond acceptors (Lipinski definition) is 3. The Morgan fingerprint density at radius 2 is 2.06 bits per heavy atom. The number of hydrogen-bond donors (Lipinski definition) is 2. The van der Waals surface area contributed by atoms with Gasteiger partial charge in [0.15, 0.2) is 0 Å². The average Bonchev–Trinajstić information content (AvgIpc) is 2.76. The van der Waals surface area contributed by atoms with Gasteiger partial charge >= 0.3 is 0 Å². The minimum absolute atomic E-state index is 0.132. The topological polar surface area (TPSA) is 38.0 Å². The molecule has 0 amide bonds. The maximum Gasteiger partial charge on any atom is 0.0701 e. The summed E-state index contributed by atoms with van der Waals surface area (Å²) >= 11 is 8.79. The molecular formula is C13H14Br2N2S. The van der Waals surface area contributed by atoms with Gasteiger partial charge in [0, 0.05) is 15.8 Å². The van der Waals surface area contributed by atoms with E-state index in [4.69, 9.17) is 5.84 Å². The number of nitrogens with one attached hydrogen (secondary N) is 1. The molecule has 1 aromatic heterocycles. The van der Waals surface area contributed by atoms with E-state index in [1.54, 1.807) is 11.3 Å². The summed E-state index contributed by atoms with van der Waals surface area (Å²) in [5.74, 6) is 5.71. The lowest BCUT2D eigenvalue weighted by Crippen LogP contribution is -2.30. The molecule has 1 aromatic carbocycles. The van der Waals surface area contributed by atoms with Crippen LogP contribution in [-0.2, 0) is 6.42 Å². The summed E-state index contributed by atoms with van der Waals surface area (Å²) in [6, 6.07) is 10.5. The molecule has 96 valence electrons. The molecule has 0 bridgehead atoms. The summed E-state index contributed by atoms with van der Waals surface area (Å²) in [4.78, 5) is 1.31. The van der Waals surface area contributed by atoms with Gasteiger partial charge in [0.05, 0.1) is 9.83 Å². The van der Waals surface area contributed by atoms with E-state index in [9.17, 15) is 0 Å². The van der Waals surface area contributed by atoms with Crippen LogP contribution in [0.2, 0.25) is 0 Å². The fourth-order valence-electron chi connectivity index (χ4n) is 1.92. The third kappa shape index (κ3) is 3.22. The predicted octanol–water partition coefficient (Wildman–Crippen LogP) is 4.33. The summed E-state index contributed by atoms with van der Waals surface area (Å²) in [7, 11) is 0. The molecule has 0 saturated carbocycles. The Morgan fingerprint density at radius 3 is 2.67 bits per heavy atom. The van der Waals surface area contributed by atoms with Crippen LogP contribution in [0.4, 0.5) is 0 Å². The quantitative estimate of drug-likeness (QED) is 0.603. The second-order valence-electron chi connectivity index (χ2n) is 4.08. The highest BCUT2D eigenvalue weighted by Gasteiger charge is 2.15. The molecule has 0 aliphatic heterocycles. The van der Waals surface area contributed by atoms with Crippen molar-refractivity contribution in [1.29, 1.82) is 0 Å². The monoisotopic (exact) mass is 388 g/mol. The van der Waals surface area contributed by atoms with Crippen LogP contribution >= 0.6 is 43.2 Å². The van der Waals surface area contributed by atoms with Crippen molar-refractivity contribution in [2.75, 3.05) is 0 Å². The van der Waals surface area contributed by atoms with E-state index in [0.717, 1.165) is 14.7 Å². The van der Waals surface area contributed by atoms with Crippen molar-refractivity contribution < 1.29 is 0 Å². The largest absolute Gasteiger partial charge is 0.271 e. The molecule has 2 nitrogen and oxygen atoms in total. The Morgan fingerprint density at radius 1 is 1.28 bits per heavy atom. The average molecular weight is 390 g/mol. The fourth-order valence-corrected chi connectivity index (χ4v) is 3.83. The van der Waals surface area contributed by atoms with E-state index in [0.29, 0.717) is 0 Å². The van der Waals surface area contributed by atoms with Crippen LogP contribution in [0, 0.1) is 6.92 Å². The first kappa shape index (κ1) is 14.2. The molecule has 3 N–H and O–H groups in total. The molecule has 18 heavy (non-hydrogen) atoms. The lowest BCUT2D eigenvalue weighted by atomic mass is 9.99. The van der Waals surface area contributed by atoms with Gasteiger partial charge in [-0.05, 0) is 52.2 Å². The van der Waals surface area contributed by atoms with Gasteiger partial charge in [0.2, 0.25) is 0 Å². The van der Waals surface area contributed by atoms with E-state index >= 15 is 0 Å². The van der Waals surface area contributed by atoms with Crippen LogP contribution in [0.15, 0.2) is 38.6 Å². The standard InChI is InChI=1S/C13H14Br2N2S/c1-8-10(3-2-4-11(8)14)12(17-16)7-9-5-6-13(15)18-9/h2-6,12,17H,7,16H2,1H3. The van der Waals surface area contributed by atoms with Gasteiger partial charge < -0.3 is 0 Å². The van der Waals surface area contributed by atoms with Gasteiger partial charge in [0.25, 0.3) is 0 Å². The van der Waals surface area contributed by atoms with Gasteiger partial charge in [0.1, 0.15) is 0 Å². The van der Waals surface area contributed by atoms with Gasteiger partial charge in [-0.25, -0.2) is 0 Å². The molecule has 0 radical (unpaired) electrons. The van der Waals surface area contributed by atoms with Crippen molar-refractivity contribution in [1.82, 2.24) is 5.43 Å². The molecule has 0 aliphatic carbocycles. The van der Waals surface area contributed by atoms with Crippen LogP contribution in [-0.4, -0.2) is 0 Å². The molecule has 5 heteroatoms. The van der Waals surface area contributed by atoms with E-state index in [1.807, 2.05) is 12.1 Å². The van der Waals surface area contributed by atoms with E-state index < -0.39 is 0 Å². The summed E-state index contributed by atoms with van der Waals surface area (Å²) in [5.41, 5.74) is 5.38. The highest BCUT2D eigenvalue weighted by atomic mass is 79.9. The summed E-state index contributed by atoms with van der Waals surface area (Å²) in [6.45, 7) is 2.11. The number of thiophene rings is 1. The van der Waals surface area contributed by atoms with E-state index in [-0.39, 0.29) is 6.04 Å². The van der Waals surface area contributed by atoms with Gasteiger partial charge in [-0.2, -0.15) is 0 Å². The molecule has 2 aromatic rings. The zero-order valence-corrected chi connectivity index (χ0v) is 13.9. The SMILES string of the molecule is Cc1c(Br)cccc1C(Cc1ccc(Br)s1)NN. The first-order chi connectivity index (χ1) is 8.61. The van der Waals surface area contributed by atoms with Crippen molar-refractivity contribution >= 4 is 43.2 Å². The van der Waals surface area contributed by atoms with Crippen LogP contribution in [0.25, 0.3) is 0 Å². The molecule has 0 aliphatic rings. The van der Waals surface area contributed by atoms with E-state index in [2.05, 4.69) is 62.4 Å². The Balaban J connectivity index is 2.25. The predicted molar refractivity (Wildman–Crippen MR) is 84.7 cm³/mol. The van der Waals surface area contributed by atoms with Crippen LogP contribution in [0.3, 0.4) is 0 Å². The molecule has 0 spiro atoms. The lowest BCUT2D eigenvalue weighted by molar-refractivity contribution is 0.552. The maximum atomic E-state index is 5.71. The Kier molecular flexibility index (Phi) is 4.98. The maximum absolute atomic E-state index is 5.71. The lowest BCUT2D eigenvalue weighted by Gasteiger charge is -2.18. The Bertz CT molecular complexity index is 540. The smallest absolute Gasteiger partial charge is 0.0701 e. The van der Waals surface area contributed by atoms with Crippen molar-refractivity contribution in [3.63, 3.8) is 0 Å². The second kappa shape index (κ2) is 6.30. The number of hydrazine groups is 1. The minimum Gasteiger partial charge on any atom is -0.271 e. The molecule has 0 saturated heterocycles. The van der Waals surface area contributed by atoms with Gasteiger partial charge in [-0.3, -0.25) is 11.3 Å². The summed E-state index contributed by atoms with van der Waals surface area (Å²) < 4.78 is 2.27. The number of halogens is 2. The molecule has 0 fully saturated rings. The number of rotatable bonds is 4. The minimum atomic E-state index is 0.132. The van der Waals surface area contributed by atoms with Crippen LogP contribution in [0.5, 0.6) is 0 Å². The van der Waals surface area contributed by atoms with Crippen molar-refractivity contribution in [2.45, 2.75) is 19.4 Å². The first-order valence-electron chi connectivity index (χ1n) is 5.57. The van der Waals surface area contributed by atoms with Crippen molar-refractivity contribution in [3.8, 4) is 0 Å². The third-order valence-electron chi connectivity index (χ3n) is 2.92. The zero-order chi connectivity index (χ0) is 13.1. The van der Waals surface area contributed by atoms with Gasteiger partial charge in [-0.1, -0.05) is 28.1 Å². The first-order valence-corrected chi connectivity index (χ1v) is 7.97. The summed E-state index contributed by atoms with van der Waals surface area (Å²) in [6.07, 6.45) is 0.893. The van der Waals surface area contributed by atoms with Crippen molar-refractivity contribution in [3.05, 3.63) is 54.6 Å². The van der Waals surface area contributed by atoms with Crippen LogP contribution in [0.1, 0.15) is 22.0 Å². The highest BCUT2D eigenvalue weighted by Crippen LogP contribution is 2.29. The Labute approximate surface area is 128 Å². The number of nitrogens with two attached hydrogens (primary N) is 1. The fraction of sp³-hybridized carbons (Fsp3) is 0.231. The van der Waals surface area contributed by atoms with Crippen molar-refractivity contribution in [2.24, 2.45) is 5.84 Å². The van der Waals surface area contributed by atoms with E-state index in [1.165, 1.54) is 16.0 Å². The molecule has 1 heterocycles. The summed E-state index contributed by atoms with van der Waals surface area (Å²) in [5, 5.41) is 0. The second-order valence-corrected chi connectivity index (χ2v) is 7.49. The van der Waals surface area contributed by atoms with Gasteiger partial charge in [-0.15, -0.1) is 11.3 Å². The number of benzene rings is 1. The molecule has 1 unspecified atom stereocenters. The molecular weight excluding hydrogens is 376 g/mol. The molecule has 1 atom stereocenters. The zero-order valence-electron chi connectivity index (χ0n) is 9.91. The third-order valence-corrected chi connectivity index (χ3v) is 5.43. The highest BCUT2D eigenvalue weighted by molar-refractivity contribution is 9.11.